The van der Waals surface area contributed by atoms with Crippen molar-refractivity contribution in [3.8, 4) is 0 Å². The van der Waals surface area contributed by atoms with Gasteiger partial charge < -0.3 is 4.90 Å². The molecule has 1 aliphatic heterocycles. The van der Waals surface area contributed by atoms with Crippen LogP contribution in [0, 0.1) is 19.7 Å². The lowest BCUT2D eigenvalue weighted by Gasteiger charge is -2.20. The number of halogens is 1. The van der Waals surface area contributed by atoms with Gasteiger partial charge in [-0.25, -0.2) is 12.8 Å². The highest BCUT2D eigenvalue weighted by atomic mass is 32.2. The van der Waals surface area contributed by atoms with Crippen LogP contribution < -0.4 is 0 Å². The smallest absolute Gasteiger partial charge is 0.253 e. The Hall–Kier alpha value is -2.21. The van der Waals surface area contributed by atoms with Gasteiger partial charge in [0.1, 0.15) is 5.82 Å². The van der Waals surface area contributed by atoms with E-state index in [0.29, 0.717) is 5.56 Å². The van der Waals surface area contributed by atoms with Gasteiger partial charge in [0.25, 0.3) is 5.91 Å². The predicted molar refractivity (Wildman–Crippen MR) is 99.4 cm³/mol. The van der Waals surface area contributed by atoms with Crippen molar-refractivity contribution >= 4 is 15.7 Å². The van der Waals surface area contributed by atoms with Gasteiger partial charge in [-0.1, -0.05) is 35.4 Å². The Morgan fingerprint density at radius 1 is 1.08 bits per heavy atom. The van der Waals surface area contributed by atoms with E-state index in [0.717, 1.165) is 11.1 Å². The first-order chi connectivity index (χ1) is 12.3. The van der Waals surface area contributed by atoms with Crippen molar-refractivity contribution in [3.05, 3.63) is 70.5 Å². The number of carbonyl (C=O) groups is 1. The van der Waals surface area contributed by atoms with Crippen molar-refractivity contribution in [2.24, 2.45) is 0 Å². The van der Waals surface area contributed by atoms with Gasteiger partial charge in [-0.15, -0.1) is 0 Å². The van der Waals surface area contributed by atoms with E-state index >= 15 is 0 Å². The van der Waals surface area contributed by atoms with Crippen molar-refractivity contribution in [1.29, 1.82) is 0 Å². The lowest BCUT2D eigenvalue weighted by atomic mass is 10.1. The maximum Gasteiger partial charge on any atom is 0.253 e. The first-order valence-corrected chi connectivity index (χ1v) is 10.3. The van der Waals surface area contributed by atoms with E-state index in [9.17, 15) is 17.6 Å². The molecule has 3 rings (SSSR count). The Labute approximate surface area is 153 Å². The van der Waals surface area contributed by atoms with Crippen LogP contribution in [0.3, 0.4) is 0 Å². The third kappa shape index (κ3) is 3.80. The molecule has 6 heteroatoms. The number of hydrogen-bond acceptors (Lipinski definition) is 3. The minimum Gasteiger partial charge on any atom is -0.338 e. The second-order valence-electron chi connectivity index (χ2n) is 6.83. The molecule has 1 amide bonds. The van der Waals surface area contributed by atoms with Crippen molar-refractivity contribution in [1.82, 2.24) is 4.90 Å². The van der Waals surface area contributed by atoms with Gasteiger partial charge in [0.15, 0.2) is 9.84 Å². The highest BCUT2D eigenvalue weighted by Gasteiger charge is 2.34. The van der Waals surface area contributed by atoms with Gasteiger partial charge in [0.05, 0.1) is 11.0 Å². The van der Waals surface area contributed by atoms with Gasteiger partial charge in [0, 0.05) is 24.2 Å². The molecule has 1 fully saturated rings. The number of carbonyl (C=O) groups excluding carboxylic acids is 1. The Morgan fingerprint density at radius 3 is 2.38 bits per heavy atom. The molecule has 0 radical (unpaired) electrons. The van der Waals surface area contributed by atoms with Crippen LogP contribution in [-0.4, -0.2) is 38.1 Å². The van der Waals surface area contributed by atoms with Crippen LogP contribution in [0.4, 0.5) is 4.39 Å². The molecule has 1 aliphatic rings. The lowest BCUT2D eigenvalue weighted by Crippen LogP contribution is -2.33. The summed E-state index contributed by atoms with van der Waals surface area (Å²) in [5, 5.41) is -0.916. The van der Waals surface area contributed by atoms with Crippen LogP contribution in [0.15, 0.2) is 42.5 Å². The number of sulfone groups is 1. The van der Waals surface area contributed by atoms with E-state index in [2.05, 4.69) is 0 Å². The number of rotatable bonds is 2. The summed E-state index contributed by atoms with van der Waals surface area (Å²) in [5.74, 6) is -0.862. The fourth-order valence-electron chi connectivity index (χ4n) is 3.51. The van der Waals surface area contributed by atoms with Gasteiger partial charge in [-0.2, -0.15) is 0 Å². The third-order valence-electron chi connectivity index (χ3n) is 4.75. The SMILES string of the molecule is Cc1cc(C)cc(C(=O)N2CCC(c3ccccc3F)S(=O)(=O)CC2)c1. The van der Waals surface area contributed by atoms with Crippen molar-refractivity contribution < 1.29 is 17.6 Å². The summed E-state index contributed by atoms with van der Waals surface area (Å²) in [5.41, 5.74) is 2.72. The molecule has 0 N–H and O–H groups in total. The Morgan fingerprint density at radius 2 is 1.73 bits per heavy atom. The van der Waals surface area contributed by atoms with Crippen molar-refractivity contribution in [3.63, 3.8) is 0 Å². The summed E-state index contributed by atoms with van der Waals surface area (Å²) in [4.78, 5) is 14.4. The first kappa shape index (κ1) is 18.6. The maximum atomic E-state index is 14.1. The molecule has 26 heavy (non-hydrogen) atoms. The molecule has 138 valence electrons. The summed E-state index contributed by atoms with van der Waals surface area (Å²) < 4.78 is 39.4. The van der Waals surface area contributed by atoms with Crippen LogP contribution >= 0.6 is 0 Å². The fraction of sp³-hybridized carbons (Fsp3) is 0.350. The molecule has 2 aromatic rings. The van der Waals surface area contributed by atoms with Crippen LogP contribution in [0.5, 0.6) is 0 Å². The van der Waals surface area contributed by atoms with Gasteiger partial charge >= 0.3 is 0 Å². The Bertz CT molecular complexity index is 920. The standard InChI is InChI=1S/C20H22FNO3S/c1-14-11-15(2)13-16(12-14)20(23)22-8-7-19(26(24,25)10-9-22)17-5-3-4-6-18(17)21/h3-6,11-13,19H,7-10H2,1-2H3. The second-order valence-corrected chi connectivity index (χ2v) is 9.14. The molecule has 0 aromatic heterocycles. The molecule has 0 aliphatic carbocycles. The molecule has 1 unspecified atom stereocenters. The monoisotopic (exact) mass is 375 g/mol. The second kappa shape index (κ2) is 7.19. The molecule has 2 aromatic carbocycles. The summed E-state index contributed by atoms with van der Waals surface area (Å²) in [6.45, 7) is 4.25. The van der Waals surface area contributed by atoms with Gasteiger partial charge in [-0.05, 0) is 38.5 Å². The topological polar surface area (TPSA) is 54.5 Å². The minimum absolute atomic E-state index is 0.124. The quantitative estimate of drug-likeness (QED) is 0.808. The molecule has 0 spiro atoms. The number of aryl methyl sites for hydroxylation is 2. The molecular formula is C20H22FNO3S. The molecular weight excluding hydrogens is 353 g/mol. The molecule has 1 saturated heterocycles. The molecule has 1 atom stereocenters. The van der Waals surface area contributed by atoms with Crippen LogP contribution in [0.2, 0.25) is 0 Å². The minimum atomic E-state index is -3.53. The summed E-state index contributed by atoms with van der Waals surface area (Å²) in [7, 11) is -3.53. The first-order valence-electron chi connectivity index (χ1n) is 8.61. The zero-order chi connectivity index (χ0) is 18.9. The van der Waals surface area contributed by atoms with Gasteiger partial charge in [0.2, 0.25) is 0 Å². The van der Waals surface area contributed by atoms with Crippen LogP contribution in [-0.2, 0) is 9.84 Å². The van der Waals surface area contributed by atoms with E-state index < -0.39 is 20.9 Å². The van der Waals surface area contributed by atoms with Crippen molar-refractivity contribution in [2.75, 3.05) is 18.8 Å². The molecule has 1 heterocycles. The fourth-order valence-corrected chi connectivity index (χ4v) is 5.32. The van der Waals surface area contributed by atoms with Crippen molar-refractivity contribution in [2.45, 2.75) is 25.5 Å². The number of hydrogen-bond donors (Lipinski definition) is 0. The van der Waals surface area contributed by atoms with E-state index in [4.69, 9.17) is 0 Å². The Balaban J connectivity index is 1.87. The summed E-state index contributed by atoms with van der Waals surface area (Å²) >= 11 is 0. The third-order valence-corrected chi connectivity index (χ3v) is 6.86. The number of amides is 1. The van der Waals surface area contributed by atoms with E-state index in [1.807, 2.05) is 32.0 Å². The average Bonchev–Trinajstić information content (AvgIpc) is 2.72. The molecule has 0 bridgehead atoms. The Kier molecular flexibility index (Phi) is 5.14. The van der Waals surface area contributed by atoms with Gasteiger partial charge in [-0.3, -0.25) is 4.79 Å². The number of benzene rings is 2. The molecule has 4 nitrogen and oxygen atoms in total. The zero-order valence-electron chi connectivity index (χ0n) is 14.9. The summed E-state index contributed by atoms with van der Waals surface area (Å²) in [6.07, 6.45) is 0.194. The van der Waals surface area contributed by atoms with Crippen LogP contribution in [0.1, 0.15) is 38.7 Å². The largest absolute Gasteiger partial charge is 0.338 e. The van der Waals surface area contributed by atoms with Crippen LogP contribution in [0.25, 0.3) is 0 Å². The number of nitrogens with zero attached hydrogens (tertiary/aromatic N) is 1. The van der Waals surface area contributed by atoms with E-state index in [-0.39, 0.29) is 36.7 Å². The summed E-state index contributed by atoms with van der Waals surface area (Å²) in [6, 6.07) is 11.6. The highest BCUT2D eigenvalue weighted by Crippen LogP contribution is 2.31. The van der Waals surface area contributed by atoms with E-state index in [1.54, 1.807) is 11.0 Å². The highest BCUT2D eigenvalue weighted by molar-refractivity contribution is 7.91. The average molecular weight is 375 g/mol. The van der Waals surface area contributed by atoms with E-state index in [1.165, 1.54) is 18.2 Å². The zero-order valence-corrected chi connectivity index (χ0v) is 15.7. The maximum absolute atomic E-state index is 14.1. The predicted octanol–water partition coefficient (Wildman–Crippen LogP) is 3.44. The normalized spacial score (nSPS) is 19.8. The molecule has 0 saturated carbocycles. The lowest BCUT2D eigenvalue weighted by molar-refractivity contribution is 0.0766.